The van der Waals surface area contributed by atoms with Crippen molar-refractivity contribution in [2.45, 2.75) is 299 Å². The van der Waals surface area contributed by atoms with Crippen LogP contribution in [0, 0.1) is 23.2 Å². The first kappa shape index (κ1) is 125. The Hall–Kier alpha value is -14.6. The Morgan fingerprint density at radius 2 is 0.662 bits per heavy atom. The second-order valence-corrected chi connectivity index (χ2v) is 36.0. The third-order valence-corrected chi connectivity index (χ3v) is 22.7. The van der Waals surface area contributed by atoms with Gasteiger partial charge in [-0.25, -0.2) is 4.79 Å². The fourth-order valence-corrected chi connectivity index (χ4v) is 14.4. The number of carboxylic acids is 3. The Bertz CT molecular complexity index is 4880. The van der Waals surface area contributed by atoms with E-state index in [1.807, 2.05) is 5.32 Å². The van der Waals surface area contributed by atoms with Crippen LogP contribution in [-0.4, -0.2) is 312 Å². The van der Waals surface area contributed by atoms with Crippen LogP contribution in [-0.2, 0) is 120 Å². The van der Waals surface area contributed by atoms with Crippen LogP contribution in [0.4, 0.5) is 0 Å². The zero-order valence-electron chi connectivity index (χ0n) is 82.5. The molecule has 804 valence electrons. The molecule has 21 atom stereocenters. The summed E-state index contributed by atoms with van der Waals surface area (Å²) >= 11 is 0. The Morgan fingerprint density at radius 1 is 0.345 bits per heavy atom. The smallest absolute Gasteiger partial charge is 0.326 e. The monoisotopic (exact) mass is 2050 g/mol. The first-order valence-electron chi connectivity index (χ1n) is 47.3. The van der Waals surface area contributed by atoms with E-state index < -0.39 is 327 Å². The minimum absolute atomic E-state index is 0.0507. The molecular weight excluding hydrogens is 1900 g/mol. The van der Waals surface area contributed by atoms with E-state index >= 15 is 4.79 Å². The van der Waals surface area contributed by atoms with Gasteiger partial charge in [0.25, 0.3) is 0 Å². The summed E-state index contributed by atoms with van der Waals surface area (Å²) in [5.41, 5.74) is 29.3. The molecule has 145 heavy (non-hydrogen) atoms. The highest BCUT2D eigenvalue weighted by Gasteiger charge is 2.43. The largest absolute Gasteiger partial charge is 0.508 e. The average molecular weight is 2050 g/mol. The molecular formula is C93H143N23O29. The summed E-state index contributed by atoms with van der Waals surface area (Å²) in [5.74, 6) is -28.4. The number of phenols is 1. The third-order valence-electron chi connectivity index (χ3n) is 22.7. The maximum Gasteiger partial charge on any atom is 0.326 e. The molecule has 0 unspecified atom stereocenters. The molecule has 0 heterocycles. The van der Waals surface area contributed by atoms with Crippen LogP contribution in [0.25, 0.3) is 0 Å². The zero-order chi connectivity index (χ0) is 109. The number of carboxylic acid groups (broad SMARTS) is 3. The number of primary amides is 2. The maximum atomic E-state index is 15.0. The fraction of sp³-hybridized carbons (Fsp3) is 0.570. The topological polar surface area (TPSA) is 879 Å². The van der Waals surface area contributed by atoms with Gasteiger partial charge in [-0.15, -0.1) is 0 Å². The standard InChI is InChI=1S/C93H143N23O29/c1-11-47(6)72(88(140)116-74(50(9)119)90(142)111-66(44-117)86(138)105-60(92(144)145)33-36-70(126)127)113-85(137)64(41-53-23-16-13-17-24-53)109-83(135)63(42-54-27-29-55(121)30-28-54)108-84(136)65(43-68(97)123)110-89(141)73(49(8)118)115-87(139)71(46(4)5)112-91(143)75(51(10)120)114-80(132)58(31-34-67(96)122)103-81(133)61(39-45(2)3)106-78(130)57(26-20-38-100-93(98)99)102-79(131)59(32-35-69(124)125)104-82(134)62(40-52-21-14-12-15-22-52)107-77(129)56(25-18-19-37-94)101-76(128)48(7)95/h12-17,21-24,27-30,45-51,56-66,71-75,117-121H,11,18-20,25-26,31-44,94-95H2,1-10H3,(H2,96,122)(H2,97,123)(H,101,128)(H,102,131)(H,103,133)(H,104,134)(H,105,138)(H,106,130)(H,107,129)(H,108,136)(H,109,135)(H,110,141)(H,111,142)(H,112,143)(H,113,137)(H,114,132)(H,115,139)(H,116,140)(H,124,125)(H,126,127)(H,144,145)(H4,98,99,100)/t47-,48-,49+,50+,51+,56-,57-,58-,59-,60-,61-,62-,63-,64-,65-,66-,71-,72-,73-,74-,75-/m0/s1. The quantitative estimate of drug-likeness (QED) is 0.0142. The summed E-state index contributed by atoms with van der Waals surface area (Å²) in [6.45, 7) is 12.6. The van der Waals surface area contributed by atoms with Crippen LogP contribution in [0.2, 0.25) is 0 Å². The molecule has 0 fully saturated rings. The second kappa shape index (κ2) is 63.4. The number of aliphatic hydroxyl groups is 4. The lowest BCUT2D eigenvalue weighted by Gasteiger charge is -2.31. The highest BCUT2D eigenvalue weighted by Crippen LogP contribution is 2.19. The van der Waals surface area contributed by atoms with E-state index in [0.29, 0.717) is 24.0 Å². The number of aliphatic hydroxyl groups excluding tert-OH is 4. The number of rotatable bonds is 67. The van der Waals surface area contributed by atoms with Crippen molar-refractivity contribution in [3.8, 4) is 5.75 Å². The van der Waals surface area contributed by atoms with Gasteiger partial charge in [0.15, 0.2) is 5.96 Å². The van der Waals surface area contributed by atoms with E-state index in [0.717, 1.165) is 20.8 Å². The van der Waals surface area contributed by atoms with Crippen molar-refractivity contribution in [1.82, 2.24) is 90.4 Å². The van der Waals surface area contributed by atoms with Crippen LogP contribution in [0.3, 0.4) is 0 Å². The number of hydrogen-bond donors (Lipinski definition) is 31. The number of nitrogens with two attached hydrogens (primary N) is 5. The predicted octanol–water partition coefficient (Wildman–Crippen LogP) is -8.25. The molecule has 0 aliphatic carbocycles. The number of hydrogen-bond acceptors (Lipinski definition) is 29. The summed E-state index contributed by atoms with van der Waals surface area (Å²) in [6.07, 6.45) is -11.3. The number of benzene rings is 3. The Labute approximate surface area is 836 Å². The molecule has 0 aromatic heterocycles. The van der Waals surface area contributed by atoms with Crippen molar-refractivity contribution in [3.63, 3.8) is 0 Å². The summed E-state index contributed by atoms with van der Waals surface area (Å²) in [5, 5.41) is 131. The minimum atomic E-state index is -2.13. The SMILES string of the molecule is CC[C@H](C)[C@H](NC(=O)[C@H](Cc1ccccc1)NC(=O)[C@H](Cc1ccc(O)cc1)NC(=O)[C@H](CC(N)=O)NC(=O)[C@@H](NC(=O)[C@@H](NC(=O)[C@@H](NC(=O)[C@H](CCC(N)=O)NC(=O)[C@H](CC(C)C)NC(=O)[C@H](CCCNC(=N)N)NC(=O)[C@H](CCC(=O)O)NC(=O)[C@H](Cc1ccccc1)NC(=O)[C@H](CCCCN)NC(=O)[C@H](C)N)[C@@H](C)O)C(C)C)[C@@H](C)O)C(=O)N[C@H](C(=O)N[C@@H](CO)C(=O)N[C@@H](CCC(=O)O)C(=O)O)[C@@H](C)O. The Kier molecular flexibility index (Phi) is 54.4. The molecule has 52 nitrogen and oxygen atoms in total. The molecule has 3 aromatic carbocycles. The zero-order valence-corrected chi connectivity index (χ0v) is 82.5. The average Bonchev–Trinajstić information content (AvgIpc) is 1.54. The van der Waals surface area contributed by atoms with E-state index in [2.05, 4.69) is 85.1 Å². The molecule has 52 heteroatoms. The van der Waals surface area contributed by atoms with Crippen LogP contribution in [0.5, 0.6) is 5.75 Å². The van der Waals surface area contributed by atoms with E-state index in [1.165, 1.54) is 52.0 Å². The molecule has 3 rings (SSSR count). The molecule has 18 amide bonds. The van der Waals surface area contributed by atoms with Crippen molar-refractivity contribution < 1.29 is 142 Å². The van der Waals surface area contributed by atoms with Crippen LogP contribution >= 0.6 is 0 Å². The third kappa shape index (κ3) is 45.7. The van der Waals surface area contributed by atoms with Crippen molar-refractivity contribution in [2.24, 2.45) is 46.4 Å². The molecule has 0 saturated carbocycles. The number of carbonyl (C=O) groups excluding carboxylic acids is 18. The van der Waals surface area contributed by atoms with Gasteiger partial charge >= 0.3 is 17.9 Å². The van der Waals surface area contributed by atoms with E-state index in [4.69, 9.17) is 39.2 Å². The van der Waals surface area contributed by atoms with Gasteiger partial charge in [-0.2, -0.15) is 0 Å². The van der Waals surface area contributed by atoms with Gasteiger partial charge < -0.3 is 160 Å². The fourth-order valence-electron chi connectivity index (χ4n) is 14.4. The van der Waals surface area contributed by atoms with Crippen LogP contribution in [0.15, 0.2) is 84.9 Å². The number of aromatic hydroxyl groups is 1. The normalized spacial score (nSPS) is 15.5. The molecule has 0 aliphatic rings. The molecule has 0 spiro atoms. The Balaban J connectivity index is 2.02. The number of unbranched alkanes of at least 4 members (excludes halogenated alkanes) is 1. The molecule has 36 N–H and O–H groups in total. The Morgan fingerprint density at radius 3 is 1.06 bits per heavy atom. The summed E-state index contributed by atoms with van der Waals surface area (Å²) in [6, 6.07) is -8.47. The van der Waals surface area contributed by atoms with Crippen LogP contribution in [0.1, 0.15) is 176 Å². The highest BCUT2D eigenvalue weighted by molar-refractivity contribution is 6.02. The predicted molar refractivity (Wildman–Crippen MR) is 518 cm³/mol. The van der Waals surface area contributed by atoms with Crippen molar-refractivity contribution in [1.29, 1.82) is 5.41 Å². The van der Waals surface area contributed by atoms with Gasteiger partial charge in [0.1, 0.15) is 102 Å². The lowest BCUT2D eigenvalue weighted by atomic mass is 9.96. The first-order chi connectivity index (χ1) is 68.1. The van der Waals surface area contributed by atoms with Gasteiger partial charge in [0.2, 0.25) is 106 Å². The lowest BCUT2D eigenvalue weighted by molar-refractivity contribution is -0.144. The number of phenolic OH excluding ortho intramolecular Hbond substituents is 1. The lowest BCUT2D eigenvalue weighted by Crippen LogP contribution is -2.64. The highest BCUT2D eigenvalue weighted by atomic mass is 16.4. The summed E-state index contributed by atoms with van der Waals surface area (Å²) < 4.78 is 0. The number of nitrogens with one attached hydrogen (secondary N) is 18. The van der Waals surface area contributed by atoms with Crippen molar-refractivity contribution in [2.75, 3.05) is 19.7 Å². The van der Waals surface area contributed by atoms with E-state index in [-0.39, 0.29) is 69.3 Å². The number of aliphatic carboxylic acids is 3. The summed E-state index contributed by atoms with van der Waals surface area (Å²) in [7, 11) is 0. The number of amides is 18. The van der Waals surface area contributed by atoms with E-state index in [1.54, 1.807) is 81.4 Å². The molecule has 0 saturated heterocycles. The molecule has 0 bridgehead atoms. The van der Waals surface area contributed by atoms with Crippen LogP contribution < -0.4 is 119 Å². The maximum absolute atomic E-state index is 15.0. The first-order valence-corrected chi connectivity index (χ1v) is 47.3. The second-order valence-electron chi connectivity index (χ2n) is 36.0. The van der Waals surface area contributed by atoms with Gasteiger partial charge in [-0.05, 0) is 139 Å². The van der Waals surface area contributed by atoms with Gasteiger partial charge in [-0.1, -0.05) is 121 Å². The van der Waals surface area contributed by atoms with Gasteiger partial charge in [0.05, 0.1) is 37.4 Å². The van der Waals surface area contributed by atoms with Crippen molar-refractivity contribution in [3.05, 3.63) is 102 Å². The summed E-state index contributed by atoms with van der Waals surface area (Å²) in [4.78, 5) is 290. The molecule has 0 aliphatic heterocycles. The number of guanidine groups is 1. The van der Waals surface area contributed by atoms with Crippen molar-refractivity contribution >= 4 is 130 Å². The number of carbonyl (C=O) groups is 21. The van der Waals surface area contributed by atoms with Gasteiger partial charge in [-0.3, -0.25) is 101 Å². The minimum Gasteiger partial charge on any atom is -0.508 e. The molecule has 3 aromatic rings. The molecule has 0 radical (unpaired) electrons. The van der Waals surface area contributed by atoms with Gasteiger partial charge in [0, 0.05) is 45.1 Å². The van der Waals surface area contributed by atoms with E-state index in [9.17, 15) is 132 Å².